The lowest BCUT2D eigenvalue weighted by Crippen LogP contribution is -2.45. The molecule has 2 aromatic rings. The van der Waals surface area contributed by atoms with E-state index in [-0.39, 0.29) is 11.9 Å². The van der Waals surface area contributed by atoms with Gasteiger partial charge < -0.3 is 16.4 Å². The molecule has 1 unspecified atom stereocenters. The second-order valence-electron chi connectivity index (χ2n) is 4.85. The monoisotopic (exact) mass is 276 g/mol. The quantitative estimate of drug-likeness (QED) is 0.825. The standard InChI is InChI=1S/C13H16N4OS/c14-8-3-2-6-17(7-8)13(18)12-10(15)11-9(19-12)4-1-5-16-11/h1,4-5,8H,2-3,6-7,14-15H2. The summed E-state index contributed by atoms with van der Waals surface area (Å²) in [5.74, 6) is -0.0179. The van der Waals surface area contributed by atoms with Gasteiger partial charge in [0, 0.05) is 25.3 Å². The molecule has 0 radical (unpaired) electrons. The van der Waals surface area contributed by atoms with Gasteiger partial charge in [0.2, 0.25) is 0 Å². The highest BCUT2D eigenvalue weighted by molar-refractivity contribution is 7.21. The van der Waals surface area contributed by atoms with Gasteiger partial charge in [0.05, 0.1) is 10.4 Å². The maximum Gasteiger partial charge on any atom is 0.266 e. The van der Waals surface area contributed by atoms with Gasteiger partial charge in [-0.3, -0.25) is 9.78 Å². The van der Waals surface area contributed by atoms with E-state index in [9.17, 15) is 4.79 Å². The minimum Gasteiger partial charge on any atom is -0.396 e. The summed E-state index contributed by atoms with van der Waals surface area (Å²) in [5.41, 5.74) is 13.2. The molecular weight excluding hydrogens is 260 g/mol. The third kappa shape index (κ3) is 2.17. The SMILES string of the molecule is Nc1c(C(=O)N2CCCC(N)C2)sc2cccnc12. The number of nitrogen functional groups attached to an aromatic ring is 1. The molecule has 19 heavy (non-hydrogen) atoms. The number of hydrogen-bond acceptors (Lipinski definition) is 5. The van der Waals surface area contributed by atoms with Gasteiger partial charge in [-0.15, -0.1) is 11.3 Å². The number of pyridine rings is 1. The lowest BCUT2D eigenvalue weighted by molar-refractivity contribution is 0.0715. The zero-order chi connectivity index (χ0) is 13.4. The largest absolute Gasteiger partial charge is 0.396 e. The number of hydrogen-bond donors (Lipinski definition) is 2. The van der Waals surface area contributed by atoms with Gasteiger partial charge >= 0.3 is 0 Å². The number of thiophene rings is 1. The van der Waals surface area contributed by atoms with Crippen LogP contribution in [0.25, 0.3) is 10.2 Å². The number of carbonyl (C=O) groups excluding carboxylic acids is 1. The van der Waals surface area contributed by atoms with Crippen LogP contribution in [0.5, 0.6) is 0 Å². The first-order chi connectivity index (χ1) is 9.16. The molecule has 3 heterocycles. The Kier molecular flexibility index (Phi) is 3.12. The first kappa shape index (κ1) is 12.4. The third-order valence-electron chi connectivity index (χ3n) is 3.42. The maximum absolute atomic E-state index is 12.5. The minimum atomic E-state index is -0.0179. The topological polar surface area (TPSA) is 85.2 Å². The van der Waals surface area contributed by atoms with Crippen molar-refractivity contribution in [3.8, 4) is 0 Å². The molecule has 0 bridgehead atoms. The van der Waals surface area contributed by atoms with Crippen LogP contribution in [-0.2, 0) is 0 Å². The van der Waals surface area contributed by atoms with Gasteiger partial charge in [0.15, 0.2) is 0 Å². The van der Waals surface area contributed by atoms with E-state index in [0.717, 1.165) is 29.6 Å². The number of aromatic nitrogens is 1. The zero-order valence-electron chi connectivity index (χ0n) is 10.5. The highest BCUT2D eigenvalue weighted by Crippen LogP contribution is 2.33. The molecule has 0 aliphatic carbocycles. The van der Waals surface area contributed by atoms with Crippen molar-refractivity contribution in [3.63, 3.8) is 0 Å². The van der Waals surface area contributed by atoms with Crippen LogP contribution < -0.4 is 11.5 Å². The molecule has 1 amide bonds. The molecule has 5 nitrogen and oxygen atoms in total. The van der Waals surface area contributed by atoms with Crippen LogP contribution in [0.4, 0.5) is 5.69 Å². The van der Waals surface area contributed by atoms with Crippen LogP contribution >= 0.6 is 11.3 Å². The Morgan fingerprint density at radius 2 is 2.37 bits per heavy atom. The number of nitrogens with two attached hydrogens (primary N) is 2. The summed E-state index contributed by atoms with van der Waals surface area (Å²) in [6, 6.07) is 3.86. The molecular formula is C13H16N4OS. The third-order valence-corrected chi connectivity index (χ3v) is 4.57. The summed E-state index contributed by atoms with van der Waals surface area (Å²) >= 11 is 1.41. The normalized spacial score (nSPS) is 19.8. The average molecular weight is 276 g/mol. The van der Waals surface area contributed by atoms with Gasteiger partial charge in [-0.2, -0.15) is 0 Å². The lowest BCUT2D eigenvalue weighted by Gasteiger charge is -2.30. The molecule has 0 aromatic carbocycles. The summed E-state index contributed by atoms with van der Waals surface area (Å²) in [6.07, 6.45) is 3.62. The molecule has 3 rings (SSSR count). The highest BCUT2D eigenvalue weighted by Gasteiger charge is 2.26. The van der Waals surface area contributed by atoms with Crippen LogP contribution in [0.3, 0.4) is 0 Å². The maximum atomic E-state index is 12.5. The molecule has 1 atom stereocenters. The van der Waals surface area contributed by atoms with Crippen molar-refractivity contribution in [2.45, 2.75) is 18.9 Å². The van der Waals surface area contributed by atoms with E-state index in [1.165, 1.54) is 11.3 Å². The van der Waals surface area contributed by atoms with Gasteiger partial charge in [0.25, 0.3) is 5.91 Å². The second kappa shape index (κ2) is 4.79. The fourth-order valence-corrected chi connectivity index (χ4v) is 3.49. The molecule has 6 heteroatoms. The molecule has 2 aromatic heterocycles. The van der Waals surface area contributed by atoms with Gasteiger partial charge in [-0.1, -0.05) is 0 Å². The predicted octanol–water partition coefficient (Wildman–Crippen LogP) is 1.44. The van der Waals surface area contributed by atoms with Gasteiger partial charge in [0.1, 0.15) is 10.4 Å². The molecule has 100 valence electrons. The van der Waals surface area contributed by atoms with E-state index >= 15 is 0 Å². The number of carbonyl (C=O) groups is 1. The lowest BCUT2D eigenvalue weighted by atomic mass is 10.1. The fourth-order valence-electron chi connectivity index (χ4n) is 2.44. The Morgan fingerprint density at radius 1 is 1.53 bits per heavy atom. The number of amides is 1. The molecule has 1 aliphatic heterocycles. The number of piperidine rings is 1. The van der Waals surface area contributed by atoms with Crippen molar-refractivity contribution >= 4 is 33.1 Å². The van der Waals surface area contributed by atoms with E-state index in [2.05, 4.69) is 4.98 Å². The van der Waals surface area contributed by atoms with Crippen molar-refractivity contribution < 1.29 is 4.79 Å². The molecule has 1 aliphatic rings. The van der Waals surface area contributed by atoms with E-state index < -0.39 is 0 Å². The zero-order valence-corrected chi connectivity index (χ0v) is 11.3. The van der Waals surface area contributed by atoms with Crippen molar-refractivity contribution in [2.24, 2.45) is 5.73 Å². The fraction of sp³-hybridized carbons (Fsp3) is 0.385. The second-order valence-corrected chi connectivity index (χ2v) is 5.90. The molecule has 0 spiro atoms. The van der Waals surface area contributed by atoms with Gasteiger partial charge in [-0.25, -0.2) is 0 Å². The molecule has 1 saturated heterocycles. The summed E-state index contributed by atoms with van der Waals surface area (Å²) in [4.78, 5) is 19.1. The Morgan fingerprint density at radius 3 is 3.11 bits per heavy atom. The Labute approximate surface area is 115 Å². The number of nitrogens with zero attached hydrogens (tertiary/aromatic N) is 2. The molecule has 4 N–H and O–H groups in total. The van der Waals surface area contributed by atoms with Crippen molar-refractivity contribution in [1.82, 2.24) is 9.88 Å². The number of rotatable bonds is 1. The number of likely N-dealkylation sites (tertiary alicyclic amines) is 1. The van der Waals surface area contributed by atoms with E-state index in [0.29, 0.717) is 17.1 Å². The van der Waals surface area contributed by atoms with E-state index in [1.54, 1.807) is 11.1 Å². The predicted molar refractivity (Wildman–Crippen MR) is 77.1 cm³/mol. The van der Waals surface area contributed by atoms with Crippen LogP contribution in [0, 0.1) is 0 Å². The van der Waals surface area contributed by atoms with E-state index in [4.69, 9.17) is 11.5 Å². The van der Waals surface area contributed by atoms with Gasteiger partial charge in [-0.05, 0) is 25.0 Å². The first-order valence-electron chi connectivity index (χ1n) is 6.34. The average Bonchev–Trinajstić information content (AvgIpc) is 2.76. The highest BCUT2D eigenvalue weighted by atomic mass is 32.1. The summed E-state index contributed by atoms with van der Waals surface area (Å²) in [5, 5.41) is 0. The van der Waals surface area contributed by atoms with Crippen LogP contribution in [0.1, 0.15) is 22.5 Å². The Bertz CT molecular complexity index is 624. The van der Waals surface area contributed by atoms with Crippen molar-refractivity contribution in [3.05, 3.63) is 23.2 Å². The minimum absolute atomic E-state index is 0.0179. The Balaban J connectivity index is 1.95. The van der Waals surface area contributed by atoms with Crippen LogP contribution in [-0.4, -0.2) is 34.9 Å². The molecule has 1 fully saturated rings. The van der Waals surface area contributed by atoms with Crippen LogP contribution in [0.2, 0.25) is 0 Å². The smallest absolute Gasteiger partial charge is 0.266 e. The van der Waals surface area contributed by atoms with Crippen molar-refractivity contribution in [1.29, 1.82) is 0 Å². The summed E-state index contributed by atoms with van der Waals surface area (Å²) in [7, 11) is 0. The summed E-state index contributed by atoms with van der Waals surface area (Å²) < 4.78 is 0.949. The van der Waals surface area contributed by atoms with Crippen LogP contribution in [0.15, 0.2) is 18.3 Å². The Hall–Kier alpha value is -1.66. The summed E-state index contributed by atoms with van der Waals surface area (Å²) in [6.45, 7) is 1.37. The van der Waals surface area contributed by atoms with E-state index in [1.807, 2.05) is 12.1 Å². The van der Waals surface area contributed by atoms with Crippen molar-refractivity contribution in [2.75, 3.05) is 18.8 Å². The number of anilines is 1. The molecule has 0 saturated carbocycles. The number of fused-ring (bicyclic) bond motifs is 1. The first-order valence-corrected chi connectivity index (χ1v) is 7.16.